The molecule has 0 radical (unpaired) electrons. The summed E-state index contributed by atoms with van der Waals surface area (Å²) in [5, 5.41) is 0. The predicted molar refractivity (Wildman–Crippen MR) is 71.2 cm³/mol. The maximum atomic E-state index is 11.3. The molecule has 1 rings (SSSR count). The summed E-state index contributed by atoms with van der Waals surface area (Å²) in [5.74, 6) is -0.420. The fourth-order valence-corrected chi connectivity index (χ4v) is 2.29. The number of nitrogen functional groups attached to an aromatic ring is 1. The van der Waals surface area contributed by atoms with Gasteiger partial charge < -0.3 is 5.73 Å². The second-order valence-corrected chi connectivity index (χ2v) is 5.13. The van der Waals surface area contributed by atoms with Crippen LogP contribution >= 0.6 is 27.7 Å². The van der Waals surface area contributed by atoms with Gasteiger partial charge in [-0.1, -0.05) is 15.9 Å². The van der Waals surface area contributed by atoms with Crippen molar-refractivity contribution < 1.29 is 9.59 Å². The number of carbonyl (C=O) groups excluding carboxylic acids is 2. The van der Waals surface area contributed by atoms with E-state index in [0.717, 1.165) is 9.37 Å². The number of halogens is 1. The first-order valence-corrected chi connectivity index (χ1v) is 6.50. The normalized spacial score (nSPS) is 9.76. The Hall–Kier alpha value is -1.21. The molecule has 4 N–H and O–H groups in total. The van der Waals surface area contributed by atoms with Gasteiger partial charge in [0, 0.05) is 22.0 Å². The van der Waals surface area contributed by atoms with Crippen LogP contribution in [0.4, 0.5) is 5.69 Å². The number of amides is 2. The van der Waals surface area contributed by atoms with Crippen LogP contribution in [0.2, 0.25) is 0 Å². The van der Waals surface area contributed by atoms with Gasteiger partial charge in [-0.3, -0.25) is 20.4 Å². The summed E-state index contributed by atoms with van der Waals surface area (Å²) in [6.07, 6.45) is 0. The fraction of sp³-hybridized carbons (Fsp3) is 0.200. The van der Waals surface area contributed by atoms with Crippen LogP contribution in [0.25, 0.3) is 0 Å². The lowest BCUT2D eigenvalue weighted by Gasteiger charge is -2.07. The third kappa shape index (κ3) is 5.10. The summed E-state index contributed by atoms with van der Waals surface area (Å²) in [7, 11) is 0. The molecule has 0 unspecified atom stereocenters. The quantitative estimate of drug-likeness (QED) is 0.445. The van der Waals surface area contributed by atoms with Gasteiger partial charge in [0.15, 0.2) is 0 Å². The molecule has 0 aliphatic rings. The summed E-state index contributed by atoms with van der Waals surface area (Å²) in [5.41, 5.74) is 10.9. The molecule has 7 heteroatoms. The van der Waals surface area contributed by atoms with Crippen molar-refractivity contribution in [3.63, 3.8) is 0 Å². The minimum absolute atomic E-state index is 0.181. The van der Waals surface area contributed by atoms with Crippen LogP contribution in [0, 0.1) is 0 Å². The number of nitrogens with one attached hydrogen (secondary N) is 2. The van der Waals surface area contributed by atoms with Gasteiger partial charge in [0.1, 0.15) is 0 Å². The van der Waals surface area contributed by atoms with Gasteiger partial charge in [0.25, 0.3) is 0 Å². The van der Waals surface area contributed by atoms with E-state index in [0.29, 0.717) is 5.69 Å². The monoisotopic (exact) mass is 317 g/mol. The van der Waals surface area contributed by atoms with Crippen molar-refractivity contribution in [2.45, 2.75) is 11.8 Å². The Morgan fingerprint density at radius 3 is 2.76 bits per heavy atom. The third-order valence-corrected chi connectivity index (χ3v) is 3.28. The highest BCUT2D eigenvalue weighted by atomic mass is 79.9. The van der Waals surface area contributed by atoms with Crippen molar-refractivity contribution in [1.82, 2.24) is 10.9 Å². The standard InChI is InChI=1S/C10H12BrN3O2S/c1-6(15)13-14-10(16)5-17-9-4-7(11)2-3-8(9)12/h2-4H,5,12H2,1H3,(H,13,15)(H,14,16). The van der Waals surface area contributed by atoms with Gasteiger partial charge in [0.2, 0.25) is 11.8 Å². The van der Waals surface area contributed by atoms with Crippen molar-refractivity contribution >= 4 is 45.2 Å². The van der Waals surface area contributed by atoms with Crippen molar-refractivity contribution in [1.29, 1.82) is 0 Å². The number of carbonyl (C=O) groups is 2. The van der Waals surface area contributed by atoms with Crippen LogP contribution in [-0.4, -0.2) is 17.6 Å². The van der Waals surface area contributed by atoms with Crippen molar-refractivity contribution in [2.75, 3.05) is 11.5 Å². The molecule has 0 heterocycles. The maximum absolute atomic E-state index is 11.3. The summed E-state index contributed by atoms with van der Waals surface area (Å²) in [6, 6.07) is 5.43. The molecule has 0 fully saturated rings. The molecule has 0 saturated carbocycles. The number of thioether (sulfide) groups is 1. The number of nitrogens with two attached hydrogens (primary N) is 1. The Morgan fingerprint density at radius 1 is 1.41 bits per heavy atom. The third-order valence-electron chi connectivity index (χ3n) is 1.71. The number of hydrogen-bond acceptors (Lipinski definition) is 4. The average Bonchev–Trinajstić information content (AvgIpc) is 2.27. The second-order valence-electron chi connectivity index (χ2n) is 3.20. The lowest BCUT2D eigenvalue weighted by Crippen LogP contribution is -2.41. The van der Waals surface area contributed by atoms with Gasteiger partial charge in [-0.2, -0.15) is 0 Å². The lowest BCUT2D eigenvalue weighted by molar-refractivity contribution is -0.126. The van der Waals surface area contributed by atoms with Crippen LogP contribution in [0.5, 0.6) is 0 Å². The number of benzene rings is 1. The van der Waals surface area contributed by atoms with Gasteiger partial charge in [-0.15, -0.1) is 11.8 Å². The first-order valence-electron chi connectivity index (χ1n) is 4.72. The van der Waals surface area contributed by atoms with Crippen molar-refractivity contribution in [2.24, 2.45) is 0 Å². The van der Waals surface area contributed by atoms with Crippen molar-refractivity contribution in [3.8, 4) is 0 Å². The summed E-state index contributed by atoms with van der Waals surface area (Å²) >= 11 is 4.63. The molecular formula is C10H12BrN3O2S. The van der Waals surface area contributed by atoms with E-state index in [-0.39, 0.29) is 17.6 Å². The Balaban J connectivity index is 2.47. The van der Waals surface area contributed by atoms with E-state index in [2.05, 4.69) is 26.8 Å². The lowest BCUT2D eigenvalue weighted by atomic mass is 10.3. The Kier molecular flexibility index (Phi) is 5.30. The molecular weight excluding hydrogens is 306 g/mol. The Bertz CT molecular complexity index is 440. The van der Waals surface area contributed by atoms with Crippen molar-refractivity contribution in [3.05, 3.63) is 22.7 Å². The largest absolute Gasteiger partial charge is 0.398 e. The smallest absolute Gasteiger partial charge is 0.248 e. The SMILES string of the molecule is CC(=O)NNC(=O)CSc1cc(Br)ccc1N. The van der Waals surface area contributed by atoms with Crippen LogP contribution in [0.3, 0.4) is 0 Å². The Labute approximate surface area is 112 Å². The molecule has 1 aromatic rings. The summed E-state index contributed by atoms with van der Waals surface area (Å²) < 4.78 is 0.900. The summed E-state index contributed by atoms with van der Waals surface area (Å²) in [4.78, 5) is 22.7. The fourth-order valence-electron chi connectivity index (χ4n) is 0.970. The second kappa shape index (κ2) is 6.51. The van der Waals surface area contributed by atoms with Crippen LogP contribution in [0.15, 0.2) is 27.6 Å². The van der Waals surface area contributed by atoms with E-state index in [1.54, 1.807) is 6.07 Å². The first kappa shape index (κ1) is 13.9. The van der Waals surface area contributed by atoms with Gasteiger partial charge in [-0.05, 0) is 18.2 Å². The Morgan fingerprint density at radius 2 is 2.12 bits per heavy atom. The first-order chi connectivity index (χ1) is 7.99. The van der Waals surface area contributed by atoms with E-state index < -0.39 is 0 Å². The van der Waals surface area contributed by atoms with Crippen LogP contribution < -0.4 is 16.6 Å². The van der Waals surface area contributed by atoms with E-state index in [1.807, 2.05) is 12.1 Å². The molecule has 1 aromatic carbocycles. The zero-order valence-corrected chi connectivity index (χ0v) is 11.5. The van der Waals surface area contributed by atoms with Crippen LogP contribution in [0.1, 0.15) is 6.92 Å². The summed E-state index contributed by atoms with van der Waals surface area (Å²) in [6.45, 7) is 1.32. The maximum Gasteiger partial charge on any atom is 0.248 e. The average molecular weight is 318 g/mol. The highest BCUT2D eigenvalue weighted by molar-refractivity contribution is 9.10. The number of hydrogen-bond donors (Lipinski definition) is 3. The number of hydrazine groups is 1. The topological polar surface area (TPSA) is 84.2 Å². The minimum Gasteiger partial charge on any atom is -0.398 e. The highest BCUT2D eigenvalue weighted by Gasteiger charge is 2.06. The minimum atomic E-state index is -0.315. The van der Waals surface area contributed by atoms with Gasteiger partial charge in [0.05, 0.1) is 5.75 Å². The molecule has 0 aliphatic heterocycles. The van der Waals surface area contributed by atoms with Gasteiger partial charge in [-0.25, -0.2) is 0 Å². The molecule has 17 heavy (non-hydrogen) atoms. The molecule has 0 saturated heterocycles. The number of anilines is 1. The molecule has 0 spiro atoms. The number of rotatable bonds is 3. The van der Waals surface area contributed by atoms with E-state index in [4.69, 9.17) is 5.73 Å². The zero-order chi connectivity index (χ0) is 12.8. The van der Waals surface area contributed by atoms with Gasteiger partial charge >= 0.3 is 0 Å². The molecule has 0 bridgehead atoms. The molecule has 0 atom stereocenters. The van der Waals surface area contributed by atoms with E-state index in [9.17, 15) is 9.59 Å². The molecule has 2 amide bonds. The zero-order valence-electron chi connectivity index (χ0n) is 9.12. The molecule has 5 nitrogen and oxygen atoms in total. The molecule has 0 aliphatic carbocycles. The van der Waals surface area contributed by atoms with E-state index in [1.165, 1.54) is 18.7 Å². The highest BCUT2D eigenvalue weighted by Crippen LogP contribution is 2.27. The molecule has 0 aromatic heterocycles. The van der Waals surface area contributed by atoms with E-state index >= 15 is 0 Å². The van der Waals surface area contributed by atoms with Crippen LogP contribution in [-0.2, 0) is 9.59 Å². The predicted octanol–water partition coefficient (Wildman–Crippen LogP) is 1.29. The molecule has 92 valence electrons.